The number of thiophene rings is 1. The van der Waals surface area contributed by atoms with Crippen LogP contribution in [0.25, 0.3) is 10.2 Å². The third-order valence-corrected chi connectivity index (χ3v) is 6.40. The highest BCUT2D eigenvalue weighted by Gasteiger charge is 2.23. The Bertz CT molecular complexity index is 833. The van der Waals surface area contributed by atoms with Crippen molar-refractivity contribution >= 4 is 27.5 Å². The Morgan fingerprint density at radius 1 is 1.38 bits per heavy atom. The summed E-state index contributed by atoms with van der Waals surface area (Å²) >= 11 is 1.66. The van der Waals surface area contributed by atoms with Crippen LogP contribution in [0.5, 0.6) is 0 Å². The first-order chi connectivity index (χ1) is 11.6. The monoisotopic (exact) mass is 345 g/mol. The van der Waals surface area contributed by atoms with Crippen LogP contribution in [0.15, 0.2) is 4.79 Å². The summed E-state index contributed by atoms with van der Waals surface area (Å²) in [5.41, 5.74) is 1.18. The van der Waals surface area contributed by atoms with Crippen LogP contribution >= 0.6 is 11.3 Å². The minimum Gasteiger partial charge on any atom is -0.343 e. The lowest BCUT2D eigenvalue weighted by atomic mass is 9.89. The molecule has 2 aromatic heterocycles. The molecule has 0 aromatic carbocycles. The lowest BCUT2D eigenvalue weighted by Gasteiger charge is -2.17. The van der Waals surface area contributed by atoms with Crippen molar-refractivity contribution in [1.29, 1.82) is 0 Å². The Balaban J connectivity index is 1.56. The first-order valence-electron chi connectivity index (χ1n) is 8.93. The van der Waals surface area contributed by atoms with E-state index in [4.69, 9.17) is 0 Å². The summed E-state index contributed by atoms with van der Waals surface area (Å²) < 4.78 is 0. The second kappa shape index (κ2) is 6.31. The van der Waals surface area contributed by atoms with Crippen LogP contribution in [-0.2, 0) is 24.1 Å². The van der Waals surface area contributed by atoms with Gasteiger partial charge in [-0.1, -0.05) is 6.92 Å². The molecule has 2 aromatic rings. The molecular formula is C18H23N3O2S. The van der Waals surface area contributed by atoms with E-state index in [9.17, 15) is 9.59 Å². The fourth-order valence-electron chi connectivity index (χ4n) is 3.86. The van der Waals surface area contributed by atoms with E-state index in [1.165, 1.54) is 10.4 Å². The Labute approximate surface area is 145 Å². The van der Waals surface area contributed by atoms with Crippen LogP contribution in [0.3, 0.4) is 0 Å². The van der Waals surface area contributed by atoms with Gasteiger partial charge in [0.25, 0.3) is 5.56 Å². The van der Waals surface area contributed by atoms with E-state index >= 15 is 0 Å². The molecule has 2 aliphatic rings. The van der Waals surface area contributed by atoms with Gasteiger partial charge in [-0.15, -0.1) is 11.3 Å². The average molecular weight is 345 g/mol. The smallest absolute Gasteiger partial charge is 0.259 e. The minimum atomic E-state index is -0.0318. The molecule has 1 fully saturated rings. The van der Waals surface area contributed by atoms with Crippen LogP contribution in [0.4, 0.5) is 0 Å². The number of nitrogens with one attached hydrogen (secondary N) is 1. The number of carbonyl (C=O) groups is 1. The standard InChI is InChI=1S/C18H23N3O2S/c1-11-4-5-12-13(10-11)24-18-16(12)17(23)19-14(20-18)6-7-15(22)21-8-2-3-9-21/h11H,2-10H2,1H3,(H,19,20,23)/t11-/m0/s1. The molecule has 1 saturated heterocycles. The largest absolute Gasteiger partial charge is 0.343 e. The number of hydrogen-bond acceptors (Lipinski definition) is 4. The number of nitrogens with zero attached hydrogens (tertiary/aromatic N) is 2. The Kier molecular flexibility index (Phi) is 4.16. The number of carbonyl (C=O) groups excluding carboxylic acids is 1. The number of fused-ring (bicyclic) bond motifs is 3. The van der Waals surface area contributed by atoms with Crippen LogP contribution in [-0.4, -0.2) is 33.9 Å². The van der Waals surface area contributed by atoms with Crippen molar-refractivity contribution in [3.63, 3.8) is 0 Å². The maximum atomic E-state index is 12.5. The summed E-state index contributed by atoms with van der Waals surface area (Å²) in [7, 11) is 0. The fourth-order valence-corrected chi connectivity index (χ4v) is 5.26. The number of hydrogen-bond donors (Lipinski definition) is 1. The first kappa shape index (κ1) is 15.8. The molecule has 1 amide bonds. The predicted molar refractivity (Wildman–Crippen MR) is 95.6 cm³/mol. The van der Waals surface area contributed by atoms with Gasteiger partial charge in [-0.3, -0.25) is 9.59 Å². The third-order valence-electron chi connectivity index (χ3n) is 5.25. The molecule has 0 radical (unpaired) electrons. The van der Waals surface area contributed by atoms with E-state index < -0.39 is 0 Å². The number of likely N-dealkylation sites (tertiary alicyclic amines) is 1. The van der Waals surface area contributed by atoms with E-state index in [-0.39, 0.29) is 11.5 Å². The normalized spacial score (nSPS) is 20.5. The number of amides is 1. The van der Waals surface area contributed by atoms with Crippen LogP contribution in [0, 0.1) is 5.92 Å². The molecule has 1 aliphatic heterocycles. The van der Waals surface area contributed by atoms with Crippen molar-refractivity contribution < 1.29 is 4.79 Å². The van der Waals surface area contributed by atoms with Gasteiger partial charge >= 0.3 is 0 Å². The maximum Gasteiger partial charge on any atom is 0.259 e. The molecule has 0 unspecified atom stereocenters. The van der Waals surface area contributed by atoms with Crippen molar-refractivity contribution in [2.24, 2.45) is 5.92 Å². The van der Waals surface area contributed by atoms with Crippen LogP contribution < -0.4 is 5.56 Å². The summed E-state index contributed by atoms with van der Waals surface area (Å²) in [6, 6.07) is 0. The minimum absolute atomic E-state index is 0.0318. The molecule has 1 atom stereocenters. The molecule has 4 rings (SSSR count). The van der Waals surface area contributed by atoms with E-state index in [0.717, 1.165) is 55.4 Å². The van der Waals surface area contributed by atoms with Crippen LogP contribution in [0.1, 0.15) is 48.9 Å². The highest BCUT2D eigenvalue weighted by molar-refractivity contribution is 7.18. The number of H-pyrrole nitrogens is 1. The van der Waals surface area contributed by atoms with Crippen molar-refractivity contribution in [3.8, 4) is 0 Å². The molecule has 6 heteroatoms. The van der Waals surface area contributed by atoms with Gasteiger partial charge in [-0.05, 0) is 43.6 Å². The highest BCUT2D eigenvalue weighted by Crippen LogP contribution is 2.35. The molecule has 0 bridgehead atoms. The topological polar surface area (TPSA) is 66.1 Å². The fraction of sp³-hybridized carbons (Fsp3) is 0.611. The first-order valence-corrected chi connectivity index (χ1v) is 9.74. The summed E-state index contributed by atoms with van der Waals surface area (Å²) in [6.07, 6.45) is 6.32. The molecule has 5 nitrogen and oxygen atoms in total. The molecular weight excluding hydrogens is 322 g/mol. The van der Waals surface area contributed by atoms with Gasteiger partial charge in [0.05, 0.1) is 5.39 Å². The van der Waals surface area contributed by atoms with Crippen LogP contribution in [0.2, 0.25) is 0 Å². The second-order valence-electron chi connectivity index (χ2n) is 7.13. The summed E-state index contributed by atoms with van der Waals surface area (Å²) in [4.78, 5) is 36.4. The van der Waals surface area contributed by atoms with Gasteiger partial charge in [-0.25, -0.2) is 4.98 Å². The van der Waals surface area contributed by atoms with E-state index in [2.05, 4.69) is 16.9 Å². The number of rotatable bonds is 3. The molecule has 128 valence electrons. The number of aromatic nitrogens is 2. The summed E-state index contributed by atoms with van der Waals surface area (Å²) in [5.74, 6) is 1.50. The zero-order chi connectivity index (χ0) is 16.7. The molecule has 0 saturated carbocycles. The average Bonchev–Trinajstić information content (AvgIpc) is 3.19. The van der Waals surface area contributed by atoms with Crippen molar-refractivity contribution in [3.05, 3.63) is 26.6 Å². The van der Waals surface area contributed by atoms with E-state index in [1.54, 1.807) is 11.3 Å². The van der Waals surface area contributed by atoms with Gasteiger partial charge in [0.15, 0.2) is 0 Å². The van der Waals surface area contributed by atoms with E-state index in [1.807, 2.05) is 4.90 Å². The Morgan fingerprint density at radius 3 is 2.96 bits per heavy atom. The lowest BCUT2D eigenvalue weighted by molar-refractivity contribution is -0.130. The number of aromatic amines is 1. The second-order valence-corrected chi connectivity index (χ2v) is 8.22. The molecule has 1 aliphatic carbocycles. The SMILES string of the molecule is C[C@H]1CCc2c(sc3nc(CCC(=O)N4CCCC4)[nH]c(=O)c23)C1. The van der Waals surface area contributed by atoms with Gasteiger partial charge in [0.1, 0.15) is 10.7 Å². The Morgan fingerprint density at radius 2 is 2.17 bits per heavy atom. The summed E-state index contributed by atoms with van der Waals surface area (Å²) in [5, 5.41) is 0.788. The lowest BCUT2D eigenvalue weighted by Crippen LogP contribution is -2.28. The van der Waals surface area contributed by atoms with Crippen molar-refractivity contribution in [2.45, 2.75) is 51.9 Å². The molecule has 0 spiro atoms. The van der Waals surface area contributed by atoms with Crippen molar-refractivity contribution in [2.75, 3.05) is 13.1 Å². The molecule has 24 heavy (non-hydrogen) atoms. The quantitative estimate of drug-likeness (QED) is 0.930. The summed E-state index contributed by atoms with van der Waals surface area (Å²) in [6.45, 7) is 4.01. The zero-order valence-electron chi connectivity index (χ0n) is 14.1. The maximum absolute atomic E-state index is 12.5. The zero-order valence-corrected chi connectivity index (χ0v) is 14.9. The molecule has 3 heterocycles. The number of aryl methyl sites for hydroxylation is 2. The van der Waals surface area contributed by atoms with Gasteiger partial charge in [0.2, 0.25) is 5.91 Å². The van der Waals surface area contributed by atoms with Crippen molar-refractivity contribution in [1.82, 2.24) is 14.9 Å². The third kappa shape index (κ3) is 2.88. The molecule has 1 N–H and O–H groups in total. The predicted octanol–water partition coefficient (Wildman–Crippen LogP) is 2.66. The Hall–Kier alpha value is -1.69. The van der Waals surface area contributed by atoms with Gasteiger partial charge in [-0.2, -0.15) is 0 Å². The van der Waals surface area contributed by atoms with Gasteiger partial charge < -0.3 is 9.88 Å². The highest BCUT2D eigenvalue weighted by atomic mass is 32.1. The van der Waals surface area contributed by atoms with E-state index in [0.29, 0.717) is 24.6 Å². The van der Waals surface area contributed by atoms with Gasteiger partial charge in [0, 0.05) is 30.8 Å².